The third kappa shape index (κ3) is 3.69. The van der Waals surface area contributed by atoms with Crippen LogP contribution in [0.3, 0.4) is 0 Å². The van der Waals surface area contributed by atoms with Gasteiger partial charge in [-0.15, -0.1) is 11.8 Å². The average molecular weight is 312 g/mol. The van der Waals surface area contributed by atoms with E-state index in [4.69, 9.17) is 0 Å². The van der Waals surface area contributed by atoms with Crippen LogP contribution in [0.5, 0.6) is 0 Å². The number of thioether (sulfide) groups is 1. The lowest BCUT2D eigenvalue weighted by atomic mass is 10.2. The standard InChI is InChI=1S/C18H20N2OS/c1-14-6-5-9-17(19-14)18(21)20-11-10-15(12-20)13-22-16-7-3-2-4-8-16/h2-9,15H,10-13H2,1H3/t15-/m1/s1. The first kappa shape index (κ1) is 15.1. The zero-order valence-corrected chi connectivity index (χ0v) is 13.6. The largest absolute Gasteiger partial charge is 0.337 e. The Labute approximate surface area is 135 Å². The normalized spacial score (nSPS) is 17.7. The highest BCUT2D eigenvalue weighted by atomic mass is 32.2. The molecule has 1 saturated heterocycles. The molecule has 0 spiro atoms. The molecule has 3 rings (SSSR count). The minimum Gasteiger partial charge on any atom is -0.337 e. The summed E-state index contributed by atoms with van der Waals surface area (Å²) in [5, 5.41) is 0. The number of nitrogens with zero attached hydrogens (tertiary/aromatic N) is 2. The number of pyridine rings is 1. The Morgan fingerprint density at radius 1 is 1.23 bits per heavy atom. The molecule has 114 valence electrons. The van der Waals surface area contributed by atoms with Gasteiger partial charge in [-0.05, 0) is 43.5 Å². The summed E-state index contributed by atoms with van der Waals surface area (Å²) in [6, 6.07) is 16.1. The second-order valence-corrected chi connectivity index (χ2v) is 6.79. The lowest BCUT2D eigenvalue weighted by Gasteiger charge is -2.16. The fourth-order valence-electron chi connectivity index (χ4n) is 2.71. The molecule has 0 bridgehead atoms. The van der Waals surface area contributed by atoms with E-state index in [1.165, 1.54) is 4.90 Å². The van der Waals surface area contributed by atoms with E-state index in [2.05, 4.69) is 29.2 Å². The van der Waals surface area contributed by atoms with E-state index in [0.717, 1.165) is 31.0 Å². The maximum Gasteiger partial charge on any atom is 0.272 e. The van der Waals surface area contributed by atoms with Crippen molar-refractivity contribution in [3.05, 3.63) is 59.9 Å². The molecule has 1 aliphatic rings. The molecule has 1 fully saturated rings. The molecule has 1 atom stereocenters. The van der Waals surface area contributed by atoms with E-state index in [1.807, 2.05) is 41.8 Å². The first-order chi connectivity index (χ1) is 10.7. The molecule has 1 aliphatic heterocycles. The molecule has 1 aromatic heterocycles. The van der Waals surface area contributed by atoms with E-state index in [9.17, 15) is 4.79 Å². The highest BCUT2D eigenvalue weighted by Crippen LogP contribution is 2.26. The Hall–Kier alpha value is -1.81. The Morgan fingerprint density at radius 2 is 2.05 bits per heavy atom. The fourth-order valence-corrected chi connectivity index (χ4v) is 3.76. The van der Waals surface area contributed by atoms with Crippen LogP contribution in [0.4, 0.5) is 0 Å². The van der Waals surface area contributed by atoms with Gasteiger partial charge in [0.25, 0.3) is 5.91 Å². The topological polar surface area (TPSA) is 33.2 Å². The van der Waals surface area contributed by atoms with E-state index in [1.54, 1.807) is 6.07 Å². The van der Waals surface area contributed by atoms with Gasteiger partial charge in [0, 0.05) is 29.4 Å². The van der Waals surface area contributed by atoms with Crippen LogP contribution in [0, 0.1) is 12.8 Å². The monoisotopic (exact) mass is 312 g/mol. The third-order valence-corrected chi connectivity index (χ3v) is 5.15. The van der Waals surface area contributed by atoms with Crippen molar-refractivity contribution < 1.29 is 4.79 Å². The van der Waals surface area contributed by atoms with Gasteiger partial charge in [0.1, 0.15) is 5.69 Å². The SMILES string of the molecule is Cc1cccc(C(=O)N2CC[C@@H](CSc3ccccc3)C2)n1. The molecule has 2 aromatic rings. The molecule has 22 heavy (non-hydrogen) atoms. The molecule has 0 unspecified atom stereocenters. The number of likely N-dealkylation sites (tertiary alicyclic amines) is 1. The molecule has 2 heterocycles. The van der Waals surface area contributed by atoms with Crippen molar-refractivity contribution in [3.8, 4) is 0 Å². The van der Waals surface area contributed by atoms with Crippen LogP contribution in [0.1, 0.15) is 22.6 Å². The van der Waals surface area contributed by atoms with Gasteiger partial charge in [-0.1, -0.05) is 24.3 Å². The van der Waals surface area contributed by atoms with Crippen LogP contribution in [0.15, 0.2) is 53.4 Å². The van der Waals surface area contributed by atoms with Crippen LogP contribution in [0.2, 0.25) is 0 Å². The van der Waals surface area contributed by atoms with Crippen molar-refractivity contribution in [1.29, 1.82) is 0 Å². The second kappa shape index (κ2) is 6.97. The summed E-state index contributed by atoms with van der Waals surface area (Å²) < 4.78 is 0. The van der Waals surface area contributed by atoms with Gasteiger partial charge in [0.15, 0.2) is 0 Å². The van der Waals surface area contributed by atoms with Gasteiger partial charge in [-0.25, -0.2) is 4.98 Å². The van der Waals surface area contributed by atoms with Crippen molar-refractivity contribution in [3.63, 3.8) is 0 Å². The lowest BCUT2D eigenvalue weighted by molar-refractivity contribution is 0.0782. The Kier molecular flexibility index (Phi) is 4.78. The van der Waals surface area contributed by atoms with Crippen molar-refractivity contribution in [1.82, 2.24) is 9.88 Å². The van der Waals surface area contributed by atoms with Crippen LogP contribution in [-0.2, 0) is 0 Å². The van der Waals surface area contributed by atoms with Crippen LogP contribution >= 0.6 is 11.8 Å². The first-order valence-corrected chi connectivity index (χ1v) is 8.62. The van der Waals surface area contributed by atoms with Crippen molar-refractivity contribution >= 4 is 17.7 Å². The molecule has 1 aromatic carbocycles. The Balaban J connectivity index is 1.55. The quantitative estimate of drug-likeness (QED) is 0.808. The molecule has 0 N–H and O–H groups in total. The number of hydrogen-bond donors (Lipinski definition) is 0. The van der Waals surface area contributed by atoms with Crippen molar-refractivity contribution in [2.45, 2.75) is 18.2 Å². The predicted octanol–water partition coefficient (Wildman–Crippen LogP) is 3.64. The van der Waals surface area contributed by atoms with Gasteiger partial charge in [0.05, 0.1) is 0 Å². The summed E-state index contributed by atoms with van der Waals surface area (Å²) >= 11 is 1.88. The fraction of sp³-hybridized carbons (Fsp3) is 0.333. The van der Waals surface area contributed by atoms with E-state index in [-0.39, 0.29) is 5.91 Å². The Morgan fingerprint density at radius 3 is 2.82 bits per heavy atom. The number of aromatic nitrogens is 1. The van der Waals surface area contributed by atoms with Gasteiger partial charge in [0.2, 0.25) is 0 Å². The number of rotatable bonds is 4. The van der Waals surface area contributed by atoms with Crippen LogP contribution in [0.25, 0.3) is 0 Å². The van der Waals surface area contributed by atoms with Gasteiger partial charge in [-0.3, -0.25) is 4.79 Å². The number of hydrogen-bond acceptors (Lipinski definition) is 3. The maximum absolute atomic E-state index is 12.5. The molecular weight excluding hydrogens is 292 g/mol. The number of amides is 1. The highest BCUT2D eigenvalue weighted by molar-refractivity contribution is 7.99. The van der Waals surface area contributed by atoms with Crippen LogP contribution in [-0.4, -0.2) is 34.6 Å². The van der Waals surface area contributed by atoms with Crippen LogP contribution < -0.4 is 0 Å². The molecule has 0 radical (unpaired) electrons. The number of carbonyl (C=O) groups is 1. The summed E-state index contributed by atoms with van der Waals surface area (Å²) in [6.45, 7) is 3.60. The number of benzene rings is 1. The zero-order chi connectivity index (χ0) is 15.4. The average Bonchev–Trinajstić information content (AvgIpc) is 3.02. The summed E-state index contributed by atoms with van der Waals surface area (Å²) in [6.07, 6.45) is 1.08. The Bertz CT molecular complexity index is 645. The summed E-state index contributed by atoms with van der Waals surface area (Å²) in [5.74, 6) is 1.70. The summed E-state index contributed by atoms with van der Waals surface area (Å²) in [7, 11) is 0. The van der Waals surface area contributed by atoms with Gasteiger partial charge in [-0.2, -0.15) is 0 Å². The molecular formula is C18H20N2OS. The van der Waals surface area contributed by atoms with E-state index < -0.39 is 0 Å². The third-order valence-electron chi connectivity index (χ3n) is 3.91. The molecule has 4 heteroatoms. The lowest BCUT2D eigenvalue weighted by Crippen LogP contribution is -2.29. The molecule has 0 saturated carbocycles. The maximum atomic E-state index is 12.5. The highest BCUT2D eigenvalue weighted by Gasteiger charge is 2.27. The molecule has 0 aliphatic carbocycles. The van der Waals surface area contributed by atoms with Gasteiger partial charge < -0.3 is 4.90 Å². The van der Waals surface area contributed by atoms with E-state index >= 15 is 0 Å². The van der Waals surface area contributed by atoms with E-state index in [0.29, 0.717) is 11.6 Å². The minimum absolute atomic E-state index is 0.0657. The second-order valence-electron chi connectivity index (χ2n) is 5.69. The predicted molar refractivity (Wildman–Crippen MR) is 90.2 cm³/mol. The molecule has 1 amide bonds. The smallest absolute Gasteiger partial charge is 0.272 e. The van der Waals surface area contributed by atoms with Crippen molar-refractivity contribution in [2.75, 3.05) is 18.8 Å². The summed E-state index contributed by atoms with van der Waals surface area (Å²) in [4.78, 5) is 20.1. The molecule has 3 nitrogen and oxygen atoms in total. The zero-order valence-electron chi connectivity index (χ0n) is 12.7. The first-order valence-electron chi connectivity index (χ1n) is 7.63. The van der Waals surface area contributed by atoms with Crippen molar-refractivity contribution in [2.24, 2.45) is 5.92 Å². The number of carbonyl (C=O) groups excluding carboxylic acids is 1. The number of aryl methyl sites for hydroxylation is 1. The van der Waals surface area contributed by atoms with Gasteiger partial charge >= 0.3 is 0 Å². The minimum atomic E-state index is 0.0657. The summed E-state index contributed by atoms with van der Waals surface area (Å²) in [5.41, 5.74) is 1.46.